The van der Waals surface area contributed by atoms with Crippen molar-refractivity contribution < 1.29 is 0 Å². The van der Waals surface area contributed by atoms with Gasteiger partial charge in [0.25, 0.3) is 0 Å². The highest BCUT2D eigenvalue weighted by Crippen LogP contribution is 2.44. The van der Waals surface area contributed by atoms with Crippen LogP contribution in [0, 0.1) is 26.7 Å². The molecule has 18 heavy (non-hydrogen) atoms. The highest BCUT2D eigenvalue weighted by Gasteiger charge is 2.34. The lowest BCUT2D eigenvalue weighted by Crippen LogP contribution is -2.35. The van der Waals surface area contributed by atoms with Crippen LogP contribution in [0.2, 0.25) is 0 Å². The lowest BCUT2D eigenvalue weighted by Gasteiger charge is -2.38. The van der Waals surface area contributed by atoms with Crippen LogP contribution in [0.1, 0.15) is 53.9 Å². The van der Waals surface area contributed by atoms with Crippen molar-refractivity contribution in [2.45, 2.75) is 58.4 Å². The van der Waals surface area contributed by atoms with E-state index >= 15 is 0 Å². The molecular weight excluding hydrogens is 218 g/mol. The third-order valence-corrected chi connectivity index (χ3v) is 4.95. The van der Waals surface area contributed by atoms with E-state index in [1.165, 1.54) is 48.9 Å². The van der Waals surface area contributed by atoms with Crippen molar-refractivity contribution in [1.29, 1.82) is 0 Å². The molecule has 2 aliphatic carbocycles. The van der Waals surface area contributed by atoms with E-state index in [1.807, 2.05) is 0 Å². The molecule has 98 valence electrons. The van der Waals surface area contributed by atoms with Crippen LogP contribution in [0.25, 0.3) is 0 Å². The maximum atomic E-state index is 3.70. The molecule has 0 saturated heterocycles. The molecule has 2 aliphatic rings. The molecule has 3 rings (SSSR count). The normalized spacial score (nSPS) is 27.1. The fourth-order valence-corrected chi connectivity index (χ4v) is 3.21. The molecule has 2 unspecified atom stereocenters. The molecule has 0 aliphatic heterocycles. The van der Waals surface area contributed by atoms with Gasteiger partial charge in [-0.05, 0) is 87.1 Å². The summed E-state index contributed by atoms with van der Waals surface area (Å²) in [5.74, 6) is 1.70. The van der Waals surface area contributed by atoms with Gasteiger partial charge < -0.3 is 5.32 Å². The van der Waals surface area contributed by atoms with Gasteiger partial charge in [-0.3, -0.25) is 0 Å². The van der Waals surface area contributed by atoms with Crippen molar-refractivity contribution in [3.05, 3.63) is 34.4 Å². The molecule has 1 heteroatoms. The maximum absolute atomic E-state index is 3.70. The third-order valence-electron chi connectivity index (χ3n) is 4.95. The van der Waals surface area contributed by atoms with Crippen LogP contribution < -0.4 is 5.32 Å². The van der Waals surface area contributed by atoms with Crippen LogP contribution >= 0.6 is 0 Å². The van der Waals surface area contributed by atoms with E-state index in [0.29, 0.717) is 0 Å². The highest BCUT2D eigenvalue weighted by molar-refractivity contribution is 5.39. The van der Waals surface area contributed by atoms with E-state index in [1.54, 1.807) is 5.56 Å². The first kappa shape index (κ1) is 12.2. The molecule has 0 radical (unpaired) electrons. The predicted molar refractivity (Wildman–Crippen MR) is 77.1 cm³/mol. The second-order valence-electron chi connectivity index (χ2n) is 6.42. The minimum absolute atomic E-state index is 0.815. The van der Waals surface area contributed by atoms with Gasteiger partial charge in [0.2, 0.25) is 0 Å². The molecule has 0 aromatic heterocycles. The van der Waals surface area contributed by atoms with Gasteiger partial charge in [-0.15, -0.1) is 0 Å². The van der Waals surface area contributed by atoms with Gasteiger partial charge in [-0.2, -0.15) is 0 Å². The van der Waals surface area contributed by atoms with E-state index in [4.69, 9.17) is 0 Å². The lowest BCUT2D eigenvalue weighted by molar-refractivity contribution is 0.244. The zero-order valence-electron chi connectivity index (χ0n) is 11.9. The Kier molecular flexibility index (Phi) is 3.19. The zero-order valence-corrected chi connectivity index (χ0v) is 11.9. The van der Waals surface area contributed by atoms with Crippen LogP contribution in [0.4, 0.5) is 0 Å². The average molecular weight is 243 g/mol. The fourth-order valence-electron chi connectivity index (χ4n) is 3.21. The number of rotatable bonds is 4. The molecule has 0 heterocycles. The van der Waals surface area contributed by atoms with E-state index in [2.05, 4.69) is 38.2 Å². The quantitative estimate of drug-likeness (QED) is 0.847. The molecule has 1 N–H and O–H groups in total. The number of aryl methyl sites for hydroxylation is 3. The molecule has 1 aromatic carbocycles. The van der Waals surface area contributed by atoms with E-state index in [-0.39, 0.29) is 0 Å². The van der Waals surface area contributed by atoms with Gasteiger partial charge in [0.15, 0.2) is 0 Å². The largest absolute Gasteiger partial charge is 0.314 e. The Labute approximate surface area is 111 Å². The Balaban J connectivity index is 1.71. The third kappa shape index (κ3) is 2.33. The minimum Gasteiger partial charge on any atom is -0.314 e. The predicted octanol–water partition coefficient (Wildman–Crippen LogP) is 3.86. The highest BCUT2D eigenvalue weighted by atomic mass is 14.9. The summed E-state index contributed by atoms with van der Waals surface area (Å²) in [6, 6.07) is 5.67. The molecular formula is C17H25N. The zero-order chi connectivity index (χ0) is 12.7. The van der Waals surface area contributed by atoms with Gasteiger partial charge >= 0.3 is 0 Å². The summed E-state index contributed by atoms with van der Waals surface area (Å²) in [5, 5.41) is 3.70. The number of benzene rings is 1. The summed E-state index contributed by atoms with van der Waals surface area (Å²) >= 11 is 0. The Morgan fingerprint density at radius 1 is 0.944 bits per heavy atom. The molecule has 2 saturated carbocycles. The molecule has 0 spiro atoms. The second kappa shape index (κ2) is 4.70. The van der Waals surface area contributed by atoms with Gasteiger partial charge in [0, 0.05) is 6.04 Å². The molecule has 1 aromatic rings. The summed E-state index contributed by atoms with van der Waals surface area (Å²) in [6.45, 7) is 7.99. The molecule has 2 fully saturated rings. The molecule has 2 atom stereocenters. The standard InChI is InChI=1S/C17H25N/c1-11-8-13(3)17(9-12(11)2)16-7-4-14(16)10-18-15-5-6-15/h8-9,14-16,18H,4-7,10H2,1-3H3. The first-order valence-electron chi connectivity index (χ1n) is 7.46. The SMILES string of the molecule is Cc1cc(C)c(C2CCC2CNC2CC2)cc1C. The van der Waals surface area contributed by atoms with Crippen molar-refractivity contribution >= 4 is 0 Å². The monoisotopic (exact) mass is 243 g/mol. The number of nitrogens with one attached hydrogen (secondary N) is 1. The van der Waals surface area contributed by atoms with E-state index in [9.17, 15) is 0 Å². The van der Waals surface area contributed by atoms with Crippen molar-refractivity contribution in [2.75, 3.05) is 6.54 Å². The summed E-state index contributed by atoms with van der Waals surface area (Å²) in [7, 11) is 0. The second-order valence-corrected chi connectivity index (χ2v) is 6.42. The first-order valence-corrected chi connectivity index (χ1v) is 7.46. The number of hydrogen-bond acceptors (Lipinski definition) is 1. The fraction of sp³-hybridized carbons (Fsp3) is 0.647. The summed E-state index contributed by atoms with van der Waals surface area (Å²) in [4.78, 5) is 0. The summed E-state index contributed by atoms with van der Waals surface area (Å²) in [5.41, 5.74) is 6.01. The van der Waals surface area contributed by atoms with Crippen molar-refractivity contribution in [3.63, 3.8) is 0 Å². The Hall–Kier alpha value is -0.820. The van der Waals surface area contributed by atoms with Crippen LogP contribution in [-0.2, 0) is 0 Å². The smallest absolute Gasteiger partial charge is 0.00683 e. The van der Waals surface area contributed by atoms with Gasteiger partial charge in [-0.25, -0.2) is 0 Å². The lowest BCUT2D eigenvalue weighted by atomic mass is 9.68. The Morgan fingerprint density at radius 2 is 1.67 bits per heavy atom. The van der Waals surface area contributed by atoms with E-state index in [0.717, 1.165) is 17.9 Å². The minimum atomic E-state index is 0.815. The summed E-state index contributed by atoms with van der Waals surface area (Å²) < 4.78 is 0. The van der Waals surface area contributed by atoms with Crippen LogP contribution in [0.3, 0.4) is 0 Å². The molecule has 1 nitrogen and oxygen atoms in total. The Bertz CT molecular complexity index is 445. The van der Waals surface area contributed by atoms with Gasteiger partial charge in [0.05, 0.1) is 0 Å². The first-order chi connectivity index (χ1) is 8.65. The van der Waals surface area contributed by atoms with Crippen LogP contribution in [-0.4, -0.2) is 12.6 Å². The summed E-state index contributed by atoms with van der Waals surface area (Å²) in [6.07, 6.45) is 5.61. The van der Waals surface area contributed by atoms with Crippen LogP contribution in [0.5, 0.6) is 0 Å². The van der Waals surface area contributed by atoms with Crippen molar-refractivity contribution in [2.24, 2.45) is 5.92 Å². The average Bonchev–Trinajstić information content (AvgIpc) is 3.08. The van der Waals surface area contributed by atoms with Crippen molar-refractivity contribution in [1.82, 2.24) is 5.32 Å². The van der Waals surface area contributed by atoms with Crippen LogP contribution in [0.15, 0.2) is 12.1 Å². The topological polar surface area (TPSA) is 12.0 Å². The number of hydrogen-bond donors (Lipinski definition) is 1. The maximum Gasteiger partial charge on any atom is 0.00683 e. The van der Waals surface area contributed by atoms with Crippen molar-refractivity contribution in [3.8, 4) is 0 Å². The molecule has 0 amide bonds. The van der Waals surface area contributed by atoms with E-state index < -0.39 is 0 Å². The van der Waals surface area contributed by atoms with Gasteiger partial charge in [-0.1, -0.05) is 12.1 Å². The van der Waals surface area contributed by atoms with Gasteiger partial charge in [0.1, 0.15) is 0 Å². The molecule has 0 bridgehead atoms. The Morgan fingerprint density at radius 3 is 2.28 bits per heavy atom.